The van der Waals surface area contributed by atoms with Gasteiger partial charge in [0.2, 0.25) is 0 Å². The van der Waals surface area contributed by atoms with Gasteiger partial charge in [0.05, 0.1) is 6.26 Å². The molecule has 1 aliphatic rings. The van der Waals surface area contributed by atoms with Gasteiger partial charge < -0.3 is 4.52 Å². The van der Waals surface area contributed by atoms with Crippen molar-refractivity contribution in [2.24, 2.45) is 0 Å². The lowest BCUT2D eigenvalue weighted by molar-refractivity contribution is 0.555. The first-order valence-corrected chi connectivity index (χ1v) is 5.38. The summed E-state index contributed by atoms with van der Waals surface area (Å²) in [6.07, 6.45) is 3.95. The van der Waals surface area contributed by atoms with E-state index in [-0.39, 0.29) is 0 Å². The van der Waals surface area contributed by atoms with E-state index < -0.39 is 8.15 Å². The van der Waals surface area contributed by atoms with Crippen molar-refractivity contribution in [2.45, 2.75) is 12.6 Å². The molecule has 0 saturated carbocycles. The Morgan fingerprint density at radius 2 is 2.00 bits per heavy atom. The summed E-state index contributed by atoms with van der Waals surface area (Å²) in [5.74, 6) is 0. The van der Waals surface area contributed by atoms with Gasteiger partial charge in [0.1, 0.15) is 8.15 Å². The van der Waals surface area contributed by atoms with Gasteiger partial charge in [-0.3, -0.25) is 0 Å². The lowest BCUT2D eigenvalue weighted by Crippen LogP contribution is -2.05. The van der Waals surface area contributed by atoms with E-state index >= 15 is 0 Å². The Morgan fingerprint density at radius 1 is 1.25 bits per heavy atom. The maximum atomic E-state index is 5.54. The fourth-order valence-electron chi connectivity index (χ4n) is 1.26. The largest absolute Gasteiger partial charge is 0.477 e. The topological polar surface area (TPSA) is 9.23 Å². The summed E-state index contributed by atoms with van der Waals surface area (Å²) in [6.45, 7) is 2.20. The molecule has 0 N–H and O–H groups in total. The molecule has 0 aromatic heterocycles. The summed E-state index contributed by atoms with van der Waals surface area (Å²) in [5, 5.41) is 1.32. The van der Waals surface area contributed by atoms with Crippen LogP contribution in [0.3, 0.4) is 0 Å². The molecule has 0 fully saturated rings. The molecule has 1 aromatic carbocycles. The predicted molar refractivity (Wildman–Crippen MR) is 52.7 cm³/mol. The Kier molecular flexibility index (Phi) is 2.14. The molecular formula is C10H11OP. The molecule has 62 valence electrons. The van der Waals surface area contributed by atoms with Crippen molar-refractivity contribution in [3.05, 3.63) is 42.7 Å². The van der Waals surface area contributed by atoms with Gasteiger partial charge in [-0.15, -0.1) is 0 Å². The summed E-state index contributed by atoms with van der Waals surface area (Å²) in [5.41, 5.74) is 0.558. The highest BCUT2D eigenvalue weighted by Crippen LogP contribution is 2.46. The van der Waals surface area contributed by atoms with Crippen molar-refractivity contribution in [3.63, 3.8) is 0 Å². The predicted octanol–water partition coefficient (Wildman–Crippen LogP) is 2.64. The van der Waals surface area contributed by atoms with Crippen molar-refractivity contribution >= 4 is 13.5 Å². The third-order valence-corrected chi connectivity index (χ3v) is 3.98. The van der Waals surface area contributed by atoms with E-state index in [1.165, 1.54) is 5.30 Å². The minimum Gasteiger partial charge on any atom is -0.477 e. The van der Waals surface area contributed by atoms with Crippen molar-refractivity contribution in [1.29, 1.82) is 0 Å². The van der Waals surface area contributed by atoms with E-state index in [9.17, 15) is 0 Å². The van der Waals surface area contributed by atoms with Gasteiger partial charge in [0.15, 0.2) is 0 Å². The SMILES string of the molecule is CC1C=COP1c1ccccc1. The van der Waals surface area contributed by atoms with E-state index in [1.807, 2.05) is 12.3 Å². The molecule has 1 nitrogen and oxygen atoms in total. The minimum atomic E-state index is -0.413. The normalized spacial score (nSPS) is 27.1. The fourth-order valence-corrected chi connectivity index (χ4v) is 2.94. The number of benzene rings is 1. The second kappa shape index (κ2) is 3.28. The molecule has 0 amide bonds. The first-order valence-electron chi connectivity index (χ1n) is 4.05. The third kappa shape index (κ3) is 1.37. The van der Waals surface area contributed by atoms with Crippen LogP contribution in [0.1, 0.15) is 6.92 Å². The molecule has 12 heavy (non-hydrogen) atoms. The molecule has 2 rings (SSSR count). The fraction of sp³-hybridized carbons (Fsp3) is 0.200. The zero-order valence-electron chi connectivity index (χ0n) is 6.97. The van der Waals surface area contributed by atoms with Gasteiger partial charge >= 0.3 is 0 Å². The standard InChI is InChI=1S/C10H11OP/c1-9-7-8-11-12(9)10-5-3-2-4-6-10/h2-9H,1H3. The molecule has 2 atom stereocenters. The van der Waals surface area contributed by atoms with Crippen LogP contribution in [0.2, 0.25) is 0 Å². The Labute approximate surface area is 73.9 Å². The van der Waals surface area contributed by atoms with Crippen LogP contribution in [0.25, 0.3) is 0 Å². The highest BCUT2D eigenvalue weighted by atomic mass is 31.1. The van der Waals surface area contributed by atoms with Crippen LogP contribution >= 0.6 is 8.15 Å². The van der Waals surface area contributed by atoms with E-state index in [1.54, 1.807) is 0 Å². The van der Waals surface area contributed by atoms with Crippen LogP contribution in [-0.2, 0) is 4.52 Å². The Balaban J connectivity index is 2.22. The maximum Gasteiger partial charge on any atom is 0.124 e. The first-order chi connectivity index (χ1) is 5.88. The molecular weight excluding hydrogens is 167 g/mol. The summed E-state index contributed by atoms with van der Waals surface area (Å²) in [7, 11) is -0.413. The first kappa shape index (κ1) is 7.82. The molecule has 0 spiro atoms. The van der Waals surface area contributed by atoms with Crippen LogP contribution < -0.4 is 5.30 Å². The highest BCUT2D eigenvalue weighted by molar-refractivity contribution is 7.62. The highest BCUT2D eigenvalue weighted by Gasteiger charge is 2.22. The van der Waals surface area contributed by atoms with Gasteiger partial charge in [-0.05, 0) is 6.08 Å². The minimum absolute atomic E-state index is 0.413. The van der Waals surface area contributed by atoms with E-state index in [4.69, 9.17) is 4.52 Å². The summed E-state index contributed by atoms with van der Waals surface area (Å²) in [4.78, 5) is 0. The second-order valence-corrected chi connectivity index (χ2v) is 5.03. The van der Waals surface area contributed by atoms with Gasteiger partial charge in [-0.1, -0.05) is 37.3 Å². The molecule has 1 aromatic rings. The van der Waals surface area contributed by atoms with Crippen LogP contribution in [0.5, 0.6) is 0 Å². The quantitative estimate of drug-likeness (QED) is 0.600. The van der Waals surface area contributed by atoms with Gasteiger partial charge in [-0.25, -0.2) is 0 Å². The number of hydrogen-bond donors (Lipinski definition) is 0. The third-order valence-electron chi connectivity index (χ3n) is 1.91. The Bertz CT molecular complexity index is 281. The van der Waals surface area contributed by atoms with Crippen molar-refractivity contribution < 1.29 is 4.52 Å². The van der Waals surface area contributed by atoms with Crippen LogP contribution in [-0.4, -0.2) is 5.66 Å². The summed E-state index contributed by atoms with van der Waals surface area (Å²) < 4.78 is 5.54. The maximum absolute atomic E-state index is 5.54. The Morgan fingerprint density at radius 3 is 2.58 bits per heavy atom. The van der Waals surface area contributed by atoms with Gasteiger partial charge in [0.25, 0.3) is 0 Å². The van der Waals surface area contributed by atoms with Gasteiger partial charge in [-0.2, -0.15) is 0 Å². The molecule has 0 saturated heterocycles. The number of rotatable bonds is 1. The average molecular weight is 178 g/mol. The van der Waals surface area contributed by atoms with E-state index in [0.29, 0.717) is 5.66 Å². The molecule has 2 heteroatoms. The lowest BCUT2D eigenvalue weighted by Gasteiger charge is -2.13. The average Bonchev–Trinajstić information content (AvgIpc) is 2.53. The lowest BCUT2D eigenvalue weighted by atomic mass is 10.4. The zero-order chi connectivity index (χ0) is 8.39. The molecule has 2 unspecified atom stereocenters. The second-order valence-electron chi connectivity index (χ2n) is 2.84. The molecule has 0 aliphatic carbocycles. The molecule has 1 aliphatic heterocycles. The number of hydrogen-bond acceptors (Lipinski definition) is 1. The van der Waals surface area contributed by atoms with E-state index in [2.05, 4.69) is 37.3 Å². The van der Waals surface area contributed by atoms with Crippen molar-refractivity contribution in [1.82, 2.24) is 0 Å². The smallest absolute Gasteiger partial charge is 0.124 e. The zero-order valence-corrected chi connectivity index (χ0v) is 7.87. The molecule has 0 bridgehead atoms. The van der Waals surface area contributed by atoms with Crippen LogP contribution in [0.15, 0.2) is 42.7 Å². The van der Waals surface area contributed by atoms with Crippen molar-refractivity contribution in [2.75, 3.05) is 0 Å². The van der Waals surface area contributed by atoms with Crippen LogP contribution in [0.4, 0.5) is 0 Å². The molecule has 1 heterocycles. The van der Waals surface area contributed by atoms with Crippen molar-refractivity contribution in [3.8, 4) is 0 Å². The van der Waals surface area contributed by atoms with E-state index in [0.717, 1.165) is 0 Å². The summed E-state index contributed by atoms with van der Waals surface area (Å²) >= 11 is 0. The number of allylic oxidation sites excluding steroid dienone is 1. The summed E-state index contributed by atoms with van der Waals surface area (Å²) in [6, 6.07) is 10.4. The monoisotopic (exact) mass is 178 g/mol. The Hall–Kier alpha value is -0.810. The van der Waals surface area contributed by atoms with Gasteiger partial charge in [0, 0.05) is 11.0 Å². The van der Waals surface area contributed by atoms with Crippen LogP contribution in [0, 0.1) is 0 Å². The molecule has 0 radical (unpaired) electrons.